The molecule has 0 atom stereocenters. The number of thioether (sulfide) groups is 1. The summed E-state index contributed by atoms with van der Waals surface area (Å²) in [5.41, 5.74) is 1.54. The van der Waals surface area contributed by atoms with Crippen LogP contribution >= 0.6 is 23.4 Å². The van der Waals surface area contributed by atoms with Crippen molar-refractivity contribution in [3.05, 3.63) is 86.0 Å². The van der Waals surface area contributed by atoms with Crippen LogP contribution in [0, 0.1) is 10.1 Å². The lowest BCUT2D eigenvalue weighted by Gasteiger charge is -1.99. The number of hydrogen-bond donors (Lipinski definition) is 0. The second-order valence-corrected chi connectivity index (χ2v) is 7.12. The number of benzene rings is 2. The van der Waals surface area contributed by atoms with Gasteiger partial charge in [0.15, 0.2) is 0 Å². The average molecular weight is 384 g/mol. The average Bonchev–Trinajstić information content (AvgIpc) is 3.21. The van der Waals surface area contributed by atoms with Crippen LogP contribution in [0.25, 0.3) is 17.4 Å². The first-order valence-electron chi connectivity index (χ1n) is 7.59. The van der Waals surface area contributed by atoms with E-state index in [1.54, 1.807) is 30.3 Å². The number of furan rings is 1. The minimum Gasteiger partial charge on any atom is -0.463 e. The molecule has 1 aromatic heterocycles. The number of carbonyl (C=O) groups excluding carboxylic acids is 1. The van der Waals surface area contributed by atoms with Gasteiger partial charge in [-0.25, -0.2) is 0 Å². The smallest absolute Gasteiger partial charge is 0.281 e. The molecule has 4 rings (SSSR count). The molecule has 0 saturated carbocycles. The van der Waals surface area contributed by atoms with E-state index < -0.39 is 4.92 Å². The molecule has 5 nitrogen and oxygen atoms in total. The molecule has 2 heterocycles. The van der Waals surface area contributed by atoms with E-state index in [4.69, 9.17) is 16.0 Å². The van der Waals surface area contributed by atoms with Crippen LogP contribution < -0.4 is 0 Å². The minimum atomic E-state index is -0.505. The number of rotatable bonds is 3. The Morgan fingerprint density at radius 1 is 1.12 bits per heavy atom. The van der Waals surface area contributed by atoms with Gasteiger partial charge in [0.2, 0.25) is 5.78 Å². The van der Waals surface area contributed by atoms with E-state index in [9.17, 15) is 14.9 Å². The first kappa shape index (κ1) is 16.6. The summed E-state index contributed by atoms with van der Waals surface area (Å²) in [5.74, 6) is 0.305. The second-order valence-electron chi connectivity index (χ2n) is 5.60. The van der Waals surface area contributed by atoms with Crippen molar-refractivity contribution in [2.24, 2.45) is 0 Å². The number of allylic oxidation sites excluding steroid dienone is 1. The van der Waals surface area contributed by atoms with Gasteiger partial charge in [-0.2, -0.15) is 0 Å². The highest BCUT2D eigenvalue weighted by molar-refractivity contribution is 8.04. The Hall–Kier alpha value is -2.83. The maximum atomic E-state index is 12.4. The minimum absolute atomic E-state index is 0.0363. The Balaban J connectivity index is 1.69. The summed E-state index contributed by atoms with van der Waals surface area (Å²) in [6, 6.07) is 13.5. The van der Waals surface area contributed by atoms with Gasteiger partial charge >= 0.3 is 0 Å². The number of fused-ring (bicyclic) bond motifs is 1. The number of nitro benzene ring substituents is 1. The molecule has 128 valence electrons. The van der Waals surface area contributed by atoms with Gasteiger partial charge < -0.3 is 4.42 Å². The fourth-order valence-electron chi connectivity index (χ4n) is 2.72. The molecule has 7 heteroatoms. The van der Waals surface area contributed by atoms with Crippen molar-refractivity contribution < 1.29 is 14.1 Å². The van der Waals surface area contributed by atoms with Gasteiger partial charge in [0, 0.05) is 27.1 Å². The van der Waals surface area contributed by atoms with Gasteiger partial charge in [-0.05, 0) is 36.4 Å². The summed E-state index contributed by atoms with van der Waals surface area (Å²) in [5, 5.41) is 11.5. The summed E-state index contributed by atoms with van der Waals surface area (Å²) in [6.07, 6.45) is 3.19. The lowest BCUT2D eigenvalue weighted by Crippen LogP contribution is -1.93. The van der Waals surface area contributed by atoms with Crippen LogP contribution in [-0.2, 0) is 0 Å². The van der Waals surface area contributed by atoms with E-state index in [2.05, 4.69) is 0 Å². The summed E-state index contributed by atoms with van der Waals surface area (Å²) < 4.78 is 5.49. The van der Waals surface area contributed by atoms with E-state index in [1.165, 1.54) is 24.1 Å². The molecule has 0 fully saturated rings. The first-order chi connectivity index (χ1) is 12.5. The Morgan fingerprint density at radius 3 is 2.69 bits per heavy atom. The quantitative estimate of drug-likeness (QED) is 0.323. The lowest BCUT2D eigenvalue weighted by molar-refractivity contribution is -0.384. The van der Waals surface area contributed by atoms with Gasteiger partial charge in [0.05, 0.1) is 21.7 Å². The monoisotopic (exact) mass is 383 g/mol. The normalized spacial score (nSPS) is 14.7. The molecule has 0 saturated heterocycles. The molecule has 0 unspecified atom stereocenters. The second kappa shape index (κ2) is 6.48. The van der Waals surface area contributed by atoms with Gasteiger partial charge in [0.1, 0.15) is 5.76 Å². The zero-order chi connectivity index (χ0) is 18.3. The van der Waals surface area contributed by atoms with Gasteiger partial charge in [-0.15, -0.1) is 0 Å². The van der Waals surface area contributed by atoms with Gasteiger partial charge in [-0.3, -0.25) is 14.9 Å². The molecule has 3 aromatic rings. The SMILES string of the molecule is O=C1/C(=C\c2coc(-c3ccc(Cl)cc3[N+](=O)[O-])c2)Sc2ccccc21. The summed E-state index contributed by atoms with van der Waals surface area (Å²) in [7, 11) is 0. The van der Waals surface area contributed by atoms with Crippen molar-refractivity contribution in [3.63, 3.8) is 0 Å². The molecule has 0 bridgehead atoms. The standard InChI is InChI=1S/C19H10ClNO4S/c20-12-5-6-13(15(9-12)21(23)24)16-7-11(10-25-16)8-18-19(22)14-3-1-2-4-17(14)26-18/h1-10H/b18-8+. The van der Waals surface area contributed by atoms with Crippen LogP contribution in [0.2, 0.25) is 5.02 Å². The van der Waals surface area contributed by atoms with E-state index >= 15 is 0 Å². The number of ketones is 1. The van der Waals surface area contributed by atoms with Crippen LogP contribution in [0.15, 0.2) is 69.0 Å². The number of Topliss-reactive ketones (excluding diaryl/α,β-unsaturated/α-hetero) is 1. The zero-order valence-corrected chi connectivity index (χ0v) is 14.7. The number of halogens is 1. The third-order valence-corrected chi connectivity index (χ3v) is 5.25. The van der Waals surface area contributed by atoms with Crippen molar-refractivity contribution >= 4 is 40.9 Å². The first-order valence-corrected chi connectivity index (χ1v) is 8.78. The van der Waals surface area contributed by atoms with Crippen molar-refractivity contribution in [1.82, 2.24) is 0 Å². The highest BCUT2D eigenvalue weighted by atomic mass is 35.5. The van der Waals surface area contributed by atoms with Gasteiger partial charge in [-0.1, -0.05) is 35.5 Å². The third-order valence-electron chi connectivity index (χ3n) is 3.91. The summed E-state index contributed by atoms with van der Waals surface area (Å²) >= 11 is 7.24. The fourth-order valence-corrected chi connectivity index (χ4v) is 3.94. The molecule has 0 aliphatic carbocycles. The molecule has 0 amide bonds. The van der Waals surface area contributed by atoms with Gasteiger partial charge in [0.25, 0.3) is 5.69 Å². The molecule has 0 radical (unpaired) electrons. The van der Waals surface area contributed by atoms with Crippen molar-refractivity contribution in [3.8, 4) is 11.3 Å². The molecule has 26 heavy (non-hydrogen) atoms. The van der Waals surface area contributed by atoms with Crippen LogP contribution in [-0.4, -0.2) is 10.7 Å². The van der Waals surface area contributed by atoms with Crippen molar-refractivity contribution in [2.45, 2.75) is 4.90 Å². The Labute approximate surface area is 157 Å². The molecule has 0 N–H and O–H groups in total. The van der Waals surface area contributed by atoms with Crippen LogP contribution in [0.3, 0.4) is 0 Å². The predicted molar refractivity (Wildman–Crippen MR) is 100 cm³/mol. The molecule has 1 aliphatic rings. The maximum Gasteiger partial charge on any atom is 0.281 e. The van der Waals surface area contributed by atoms with E-state index in [-0.39, 0.29) is 16.5 Å². The summed E-state index contributed by atoms with van der Waals surface area (Å²) in [6.45, 7) is 0. The zero-order valence-electron chi connectivity index (χ0n) is 13.1. The fraction of sp³-hybridized carbons (Fsp3) is 0. The van der Waals surface area contributed by atoms with E-state index in [0.717, 1.165) is 4.90 Å². The topological polar surface area (TPSA) is 73.3 Å². The lowest BCUT2D eigenvalue weighted by atomic mass is 10.1. The molecular formula is C19H10ClNO4S. The maximum absolute atomic E-state index is 12.4. The Bertz CT molecular complexity index is 1090. The highest BCUT2D eigenvalue weighted by Gasteiger charge is 2.25. The van der Waals surface area contributed by atoms with Crippen molar-refractivity contribution in [2.75, 3.05) is 0 Å². The number of hydrogen-bond acceptors (Lipinski definition) is 5. The Kier molecular flexibility index (Phi) is 4.14. The number of carbonyl (C=O) groups is 1. The number of nitro groups is 1. The Morgan fingerprint density at radius 2 is 1.92 bits per heavy atom. The van der Waals surface area contributed by atoms with E-state index in [1.807, 2.05) is 18.2 Å². The summed E-state index contributed by atoms with van der Waals surface area (Å²) in [4.78, 5) is 24.7. The molecule has 0 spiro atoms. The van der Waals surface area contributed by atoms with Crippen LogP contribution in [0.4, 0.5) is 5.69 Å². The molecule has 2 aromatic carbocycles. The van der Waals surface area contributed by atoms with Crippen LogP contribution in [0.5, 0.6) is 0 Å². The molecular weight excluding hydrogens is 374 g/mol. The van der Waals surface area contributed by atoms with Crippen molar-refractivity contribution in [1.29, 1.82) is 0 Å². The third kappa shape index (κ3) is 2.94. The highest BCUT2D eigenvalue weighted by Crippen LogP contribution is 2.41. The van der Waals surface area contributed by atoms with E-state index in [0.29, 0.717) is 27.4 Å². The number of nitrogens with zero attached hydrogens (tertiary/aromatic N) is 1. The largest absolute Gasteiger partial charge is 0.463 e. The molecule has 1 aliphatic heterocycles. The van der Waals surface area contributed by atoms with Crippen LogP contribution in [0.1, 0.15) is 15.9 Å². The predicted octanol–water partition coefficient (Wildman–Crippen LogP) is 5.84.